The molecule has 0 aromatic heterocycles. The molecule has 1 heterocycles. The minimum atomic E-state index is -0.931. The molecule has 224 valence electrons. The number of hydrogen-bond donors (Lipinski definition) is 2. The molecule has 2 aromatic carbocycles. The Labute approximate surface area is 246 Å². The van der Waals surface area contributed by atoms with Gasteiger partial charge in [0.1, 0.15) is 11.8 Å². The third-order valence-electron chi connectivity index (χ3n) is 9.28. The maximum atomic E-state index is 14.4. The maximum absolute atomic E-state index is 14.4. The van der Waals surface area contributed by atoms with Gasteiger partial charge in [0.2, 0.25) is 5.91 Å². The van der Waals surface area contributed by atoms with Crippen LogP contribution in [0.1, 0.15) is 96.9 Å². The van der Waals surface area contributed by atoms with Crippen LogP contribution in [0.5, 0.6) is 5.75 Å². The second-order valence-electron chi connectivity index (χ2n) is 14.4. The molecular formula is C35H50N2O4. The fourth-order valence-corrected chi connectivity index (χ4v) is 7.21. The Morgan fingerprint density at radius 3 is 2.27 bits per heavy atom. The van der Waals surface area contributed by atoms with Gasteiger partial charge in [0, 0.05) is 30.0 Å². The van der Waals surface area contributed by atoms with E-state index in [0.29, 0.717) is 12.5 Å². The molecule has 6 heteroatoms. The van der Waals surface area contributed by atoms with Gasteiger partial charge >= 0.3 is 5.97 Å². The smallest absolute Gasteiger partial charge is 0.326 e. The molecule has 2 fully saturated rings. The predicted octanol–water partition coefficient (Wildman–Crippen LogP) is 6.98. The number of carboxylic acid groups (broad SMARTS) is 1. The van der Waals surface area contributed by atoms with E-state index in [1.54, 1.807) is 12.0 Å². The van der Waals surface area contributed by atoms with Gasteiger partial charge in [0.25, 0.3) is 0 Å². The summed E-state index contributed by atoms with van der Waals surface area (Å²) in [5, 5.41) is 14.6. The van der Waals surface area contributed by atoms with Gasteiger partial charge in [-0.1, -0.05) is 104 Å². The van der Waals surface area contributed by atoms with E-state index in [1.165, 1.54) is 5.56 Å². The second kappa shape index (κ2) is 12.2. The van der Waals surface area contributed by atoms with E-state index in [0.717, 1.165) is 42.6 Å². The molecule has 41 heavy (non-hydrogen) atoms. The molecular weight excluding hydrogens is 512 g/mol. The molecule has 6 nitrogen and oxygen atoms in total. The summed E-state index contributed by atoms with van der Waals surface area (Å²) in [4.78, 5) is 29.3. The Kier molecular flexibility index (Phi) is 9.22. The fraction of sp³-hybridized carbons (Fsp3) is 0.600. The molecule has 1 saturated carbocycles. The third-order valence-corrected chi connectivity index (χ3v) is 9.28. The zero-order valence-corrected chi connectivity index (χ0v) is 26.2. The molecule has 0 radical (unpaired) electrons. The highest BCUT2D eigenvalue weighted by Gasteiger charge is 2.58. The first-order chi connectivity index (χ1) is 19.2. The SMILES string of the molecule is COc1ccc(C(C)(C)C)cc1CN[C@H]1[C@H](C(C)(C)C)[C@@H](C(=O)O)N(C(=O)C2CCCC(C)C2)[C@H]1c1ccccc1. The lowest BCUT2D eigenvalue weighted by Crippen LogP contribution is -2.49. The quantitative estimate of drug-likeness (QED) is 0.381. The highest BCUT2D eigenvalue weighted by Crippen LogP contribution is 2.49. The highest BCUT2D eigenvalue weighted by molar-refractivity contribution is 5.87. The number of rotatable bonds is 7. The molecule has 1 aliphatic heterocycles. The Bertz CT molecular complexity index is 1210. The molecule has 4 rings (SSSR count). The standard InChI is InChI=1S/C35H50N2O4/c1-22-13-12-16-24(19-22)32(38)37-30(23-14-10-9-11-15-23)29(28(35(5,6)7)31(37)33(39)40)36-21-25-20-26(34(2,3)4)17-18-27(25)41-8/h9-11,14-15,17-18,20,22,24,28-31,36H,12-13,16,19,21H2,1-8H3,(H,39,40)/t22?,24?,28-,29-,30-,31-/m0/s1. The lowest BCUT2D eigenvalue weighted by Gasteiger charge is -2.36. The first-order valence-electron chi connectivity index (χ1n) is 15.2. The first-order valence-corrected chi connectivity index (χ1v) is 15.2. The molecule has 0 bridgehead atoms. The Balaban J connectivity index is 1.81. The summed E-state index contributed by atoms with van der Waals surface area (Å²) in [6.45, 7) is 15.6. The van der Waals surface area contributed by atoms with Crippen LogP contribution in [0.25, 0.3) is 0 Å². The summed E-state index contributed by atoms with van der Waals surface area (Å²) < 4.78 is 5.74. The van der Waals surface area contributed by atoms with Crippen molar-refractivity contribution in [2.24, 2.45) is 23.2 Å². The van der Waals surface area contributed by atoms with Crippen molar-refractivity contribution >= 4 is 11.9 Å². The van der Waals surface area contributed by atoms with Gasteiger partial charge in [-0.25, -0.2) is 4.79 Å². The summed E-state index contributed by atoms with van der Waals surface area (Å²) in [7, 11) is 1.68. The zero-order valence-electron chi connectivity index (χ0n) is 26.2. The highest BCUT2D eigenvalue weighted by atomic mass is 16.5. The van der Waals surface area contributed by atoms with E-state index in [1.807, 2.05) is 36.4 Å². The molecule has 2 aliphatic rings. The van der Waals surface area contributed by atoms with E-state index >= 15 is 0 Å². The van der Waals surface area contributed by atoms with Crippen molar-refractivity contribution in [2.75, 3.05) is 7.11 Å². The lowest BCUT2D eigenvalue weighted by molar-refractivity contribution is -0.154. The largest absolute Gasteiger partial charge is 0.496 e. The van der Waals surface area contributed by atoms with Gasteiger partial charge in [-0.15, -0.1) is 0 Å². The zero-order chi connectivity index (χ0) is 30.1. The van der Waals surface area contributed by atoms with Crippen LogP contribution in [0.3, 0.4) is 0 Å². The Morgan fingerprint density at radius 1 is 1.02 bits per heavy atom. The van der Waals surface area contributed by atoms with Crippen molar-refractivity contribution < 1.29 is 19.4 Å². The summed E-state index contributed by atoms with van der Waals surface area (Å²) in [6, 6.07) is 14.7. The number of carboxylic acids is 1. The lowest BCUT2D eigenvalue weighted by atomic mass is 9.72. The van der Waals surface area contributed by atoms with Crippen molar-refractivity contribution in [3.05, 3.63) is 65.2 Å². The van der Waals surface area contributed by atoms with Gasteiger partial charge in [-0.05, 0) is 46.8 Å². The van der Waals surface area contributed by atoms with Crippen molar-refractivity contribution in [1.82, 2.24) is 10.2 Å². The van der Waals surface area contributed by atoms with Crippen LogP contribution in [-0.2, 0) is 21.5 Å². The number of hydrogen-bond acceptors (Lipinski definition) is 4. The molecule has 0 spiro atoms. The fourth-order valence-electron chi connectivity index (χ4n) is 7.21. The van der Waals surface area contributed by atoms with E-state index in [2.05, 4.69) is 65.9 Å². The van der Waals surface area contributed by atoms with Gasteiger partial charge in [0.05, 0.1) is 13.2 Å². The third kappa shape index (κ3) is 6.63. The maximum Gasteiger partial charge on any atom is 0.326 e. The molecule has 6 atom stereocenters. The first kappa shape index (κ1) is 31.1. The minimum absolute atomic E-state index is 0.0105. The Morgan fingerprint density at radius 2 is 1.71 bits per heavy atom. The van der Waals surface area contributed by atoms with E-state index in [-0.39, 0.29) is 34.6 Å². The normalized spacial score (nSPS) is 27.1. The summed E-state index contributed by atoms with van der Waals surface area (Å²) in [6.07, 6.45) is 3.77. The van der Waals surface area contributed by atoms with Crippen LogP contribution in [0.4, 0.5) is 0 Å². The number of methoxy groups -OCH3 is 1. The topological polar surface area (TPSA) is 78.9 Å². The number of carbonyl (C=O) groups is 2. The monoisotopic (exact) mass is 562 g/mol. The number of carbonyl (C=O) groups excluding carboxylic acids is 1. The average Bonchev–Trinajstić information content (AvgIpc) is 3.27. The average molecular weight is 563 g/mol. The van der Waals surface area contributed by atoms with Crippen molar-refractivity contribution in [3.63, 3.8) is 0 Å². The van der Waals surface area contributed by atoms with E-state index in [4.69, 9.17) is 4.74 Å². The molecule has 1 amide bonds. The number of aliphatic carboxylic acids is 1. The summed E-state index contributed by atoms with van der Waals surface area (Å²) in [5.74, 6) is -0.135. The molecule has 1 saturated heterocycles. The van der Waals surface area contributed by atoms with Crippen molar-refractivity contribution in [3.8, 4) is 5.75 Å². The van der Waals surface area contributed by atoms with Crippen molar-refractivity contribution in [1.29, 1.82) is 0 Å². The van der Waals surface area contributed by atoms with Gasteiger partial charge < -0.3 is 20.1 Å². The number of benzene rings is 2. The Hall–Kier alpha value is -2.86. The molecule has 2 N–H and O–H groups in total. The minimum Gasteiger partial charge on any atom is -0.496 e. The van der Waals surface area contributed by atoms with Crippen LogP contribution >= 0.6 is 0 Å². The number of ether oxygens (including phenoxy) is 1. The molecule has 2 unspecified atom stereocenters. The van der Waals surface area contributed by atoms with Gasteiger partial charge in [-0.3, -0.25) is 4.79 Å². The number of likely N-dealkylation sites (tertiary alicyclic amines) is 1. The van der Waals surface area contributed by atoms with Crippen LogP contribution < -0.4 is 10.1 Å². The van der Waals surface area contributed by atoms with E-state index in [9.17, 15) is 14.7 Å². The number of amides is 1. The molecule has 1 aliphatic carbocycles. The van der Waals surface area contributed by atoms with Crippen LogP contribution in [0, 0.1) is 23.2 Å². The van der Waals surface area contributed by atoms with Gasteiger partial charge in [0.15, 0.2) is 0 Å². The summed E-state index contributed by atoms with van der Waals surface area (Å²) in [5.41, 5.74) is 2.80. The van der Waals surface area contributed by atoms with Crippen LogP contribution in [0.15, 0.2) is 48.5 Å². The second-order valence-corrected chi connectivity index (χ2v) is 14.4. The van der Waals surface area contributed by atoms with Crippen LogP contribution in [-0.4, -0.2) is 41.1 Å². The van der Waals surface area contributed by atoms with Crippen LogP contribution in [0.2, 0.25) is 0 Å². The number of nitrogens with zero attached hydrogens (tertiary/aromatic N) is 1. The summed E-state index contributed by atoms with van der Waals surface area (Å²) >= 11 is 0. The van der Waals surface area contributed by atoms with Crippen molar-refractivity contribution in [2.45, 2.75) is 104 Å². The predicted molar refractivity (Wildman–Crippen MR) is 164 cm³/mol. The van der Waals surface area contributed by atoms with E-state index < -0.39 is 18.1 Å². The van der Waals surface area contributed by atoms with Gasteiger partial charge in [-0.2, -0.15) is 0 Å². The number of nitrogens with one attached hydrogen (secondary N) is 1. The molecule has 2 aromatic rings.